The van der Waals surface area contributed by atoms with Crippen LogP contribution in [0.15, 0.2) is 24.3 Å². The van der Waals surface area contributed by atoms with Gasteiger partial charge in [0.15, 0.2) is 0 Å². The molecule has 1 aromatic carbocycles. The lowest BCUT2D eigenvalue weighted by Gasteiger charge is -2.17. The lowest BCUT2D eigenvalue weighted by atomic mass is 9.96. The van der Waals surface area contributed by atoms with Crippen molar-refractivity contribution in [3.63, 3.8) is 0 Å². The Morgan fingerprint density at radius 2 is 2.06 bits per heavy atom. The Kier molecular flexibility index (Phi) is 6.81. The van der Waals surface area contributed by atoms with Gasteiger partial charge in [-0.3, -0.25) is 0 Å². The summed E-state index contributed by atoms with van der Waals surface area (Å²) in [5.41, 5.74) is 7.35. The molecule has 2 nitrogen and oxygen atoms in total. The summed E-state index contributed by atoms with van der Waals surface area (Å²) in [6.45, 7) is 7.29. The van der Waals surface area contributed by atoms with Crippen LogP contribution in [0.1, 0.15) is 45.1 Å². The minimum atomic E-state index is 0.261. The van der Waals surface area contributed by atoms with Crippen LogP contribution in [0.2, 0.25) is 0 Å². The summed E-state index contributed by atoms with van der Waals surface area (Å²) >= 11 is 0. The minimum absolute atomic E-state index is 0.261. The predicted molar refractivity (Wildman–Crippen MR) is 78.0 cm³/mol. The molecular weight excluding hydrogens is 222 g/mol. The highest BCUT2D eigenvalue weighted by Crippen LogP contribution is 2.15. The van der Waals surface area contributed by atoms with Crippen molar-refractivity contribution in [2.24, 2.45) is 11.7 Å². The van der Waals surface area contributed by atoms with Gasteiger partial charge in [-0.2, -0.15) is 0 Å². The van der Waals surface area contributed by atoms with Gasteiger partial charge in [-0.05, 0) is 43.4 Å². The largest absolute Gasteiger partial charge is 0.494 e. The van der Waals surface area contributed by atoms with Crippen LogP contribution >= 0.6 is 0 Å². The number of benzene rings is 1. The molecule has 2 unspecified atom stereocenters. The Hall–Kier alpha value is -1.02. The van der Waals surface area contributed by atoms with Crippen LogP contribution < -0.4 is 10.5 Å². The number of aryl methyl sites for hydroxylation is 1. The molecule has 0 aromatic heterocycles. The second-order valence-electron chi connectivity index (χ2n) is 5.34. The summed E-state index contributed by atoms with van der Waals surface area (Å²) in [5.74, 6) is 1.67. The van der Waals surface area contributed by atoms with Crippen LogP contribution in [-0.2, 0) is 0 Å². The smallest absolute Gasteiger partial charge is 0.119 e. The van der Waals surface area contributed by atoms with Gasteiger partial charge in [0.05, 0.1) is 6.61 Å². The van der Waals surface area contributed by atoms with E-state index in [1.54, 1.807) is 0 Å². The zero-order valence-electron chi connectivity index (χ0n) is 12.0. The first kappa shape index (κ1) is 15.0. The molecule has 0 radical (unpaired) electrons. The van der Waals surface area contributed by atoms with E-state index in [1.807, 2.05) is 12.1 Å². The van der Waals surface area contributed by atoms with Gasteiger partial charge in [-0.25, -0.2) is 0 Å². The maximum Gasteiger partial charge on any atom is 0.119 e. The zero-order valence-corrected chi connectivity index (χ0v) is 12.0. The third kappa shape index (κ3) is 6.06. The lowest BCUT2D eigenvalue weighted by molar-refractivity contribution is 0.285. The van der Waals surface area contributed by atoms with E-state index in [9.17, 15) is 0 Å². The van der Waals surface area contributed by atoms with Crippen molar-refractivity contribution in [1.29, 1.82) is 0 Å². The highest BCUT2D eigenvalue weighted by Gasteiger charge is 2.08. The van der Waals surface area contributed by atoms with Gasteiger partial charge in [0, 0.05) is 6.04 Å². The highest BCUT2D eigenvalue weighted by molar-refractivity contribution is 5.27. The lowest BCUT2D eigenvalue weighted by Crippen LogP contribution is -2.25. The van der Waals surface area contributed by atoms with E-state index in [0.717, 1.165) is 24.5 Å². The molecule has 1 aromatic rings. The zero-order chi connectivity index (χ0) is 13.4. The Bertz CT molecular complexity index is 338. The molecule has 1 rings (SSSR count). The standard InChI is InChI=1S/C16H27NO/c1-4-6-13(2)11-15(17)9-10-18-16-8-5-7-14(3)12-16/h5,7-8,12-13,15H,4,6,9-11,17H2,1-3H3. The summed E-state index contributed by atoms with van der Waals surface area (Å²) < 4.78 is 5.72. The van der Waals surface area contributed by atoms with Gasteiger partial charge < -0.3 is 10.5 Å². The summed E-state index contributed by atoms with van der Waals surface area (Å²) in [6.07, 6.45) is 4.55. The topological polar surface area (TPSA) is 35.2 Å². The van der Waals surface area contributed by atoms with Crippen molar-refractivity contribution < 1.29 is 4.74 Å². The van der Waals surface area contributed by atoms with Crippen LogP contribution in [-0.4, -0.2) is 12.6 Å². The first-order valence-corrected chi connectivity index (χ1v) is 7.06. The molecular formula is C16H27NO. The predicted octanol–water partition coefficient (Wildman–Crippen LogP) is 3.92. The molecule has 0 spiro atoms. The molecule has 0 aliphatic heterocycles. The Balaban J connectivity index is 2.21. The van der Waals surface area contributed by atoms with Crippen molar-refractivity contribution in [1.82, 2.24) is 0 Å². The second-order valence-corrected chi connectivity index (χ2v) is 5.34. The molecule has 102 valence electrons. The molecule has 0 saturated heterocycles. The third-order valence-electron chi connectivity index (χ3n) is 3.23. The van der Waals surface area contributed by atoms with Crippen LogP contribution in [0.25, 0.3) is 0 Å². The van der Waals surface area contributed by atoms with E-state index in [1.165, 1.54) is 18.4 Å². The van der Waals surface area contributed by atoms with Crippen LogP contribution in [0.4, 0.5) is 0 Å². The Morgan fingerprint density at radius 3 is 2.72 bits per heavy atom. The maximum atomic E-state index is 6.12. The van der Waals surface area contributed by atoms with Gasteiger partial charge >= 0.3 is 0 Å². The summed E-state index contributed by atoms with van der Waals surface area (Å²) in [7, 11) is 0. The molecule has 18 heavy (non-hydrogen) atoms. The molecule has 0 fully saturated rings. The van der Waals surface area contributed by atoms with Crippen molar-refractivity contribution in [3.8, 4) is 5.75 Å². The number of hydrogen-bond acceptors (Lipinski definition) is 2. The molecule has 2 heteroatoms. The quantitative estimate of drug-likeness (QED) is 0.758. The molecule has 0 heterocycles. The first-order chi connectivity index (χ1) is 8.61. The van der Waals surface area contributed by atoms with Crippen molar-refractivity contribution >= 4 is 0 Å². The van der Waals surface area contributed by atoms with Gasteiger partial charge in [0.2, 0.25) is 0 Å². The molecule has 0 aliphatic carbocycles. The third-order valence-corrected chi connectivity index (χ3v) is 3.23. The average Bonchev–Trinajstić information content (AvgIpc) is 2.29. The highest BCUT2D eigenvalue weighted by atomic mass is 16.5. The fourth-order valence-corrected chi connectivity index (χ4v) is 2.28. The van der Waals surface area contributed by atoms with E-state index < -0.39 is 0 Å². The Labute approximate surface area is 112 Å². The first-order valence-electron chi connectivity index (χ1n) is 7.06. The van der Waals surface area contributed by atoms with E-state index in [4.69, 9.17) is 10.5 Å². The molecule has 0 amide bonds. The van der Waals surface area contributed by atoms with E-state index in [0.29, 0.717) is 6.61 Å². The number of hydrogen-bond donors (Lipinski definition) is 1. The number of ether oxygens (including phenoxy) is 1. The normalized spacial score (nSPS) is 14.2. The molecule has 2 atom stereocenters. The molecule has 2 N–H and O–H groups in total. The monoisotopic (exact) mass is 249 g/mol. The van der Waals surface area contributed by atoms with Crippen molar-refractivity contribution in [2.45, 2.75) is 52.5 Å². The fourth-order valence-electron chi connectivity index (χ4n) is 2.28. The molecule has 0 saturated carbocycles. The number of nitrogens with two attached hydrogens (primary N) is 1. The van der Waals surface area contributed by atoms with E-state index in [2.05, 4.69) is 32.9 Å². The van der Waals surface area contributed by atoms with E-state index in [-0.39, 0.29) is 6.04 Å². The molecule has 0 aliphatic rings. The van der Waals surface area contributed by atoms with Gasteiger partial charge in [0.25, 0.3) is 0 Å². The summed E-state index contributed by atoms with van der Waals surface area (Å²) in [4.78, 5) is 0. The molecule has 0 bridgehead atoms. The van der Waals surface area contributed by atoms with Gasteiger partial charge in [0.1, 0.15) is 5.75 Å². The Morgan fingerprint density at radius 1 is 1.28 bits per heavy atom. The van der Waals surface area contributed by atoms with Gasteiger partial charge in [-0.15, -0.1) is 0 Å². The van der Waals surface area contributed by atoms with E-state index >= 15 is 0 Å². The summed E-state index contributed by atoms with van der Waals surface area (Å²) in [6, 6.07) is 8.42. The van der Waals surface area contributed by atoms with Gasteiger partial charge in [-0.1, -0.05) is 38.8 Å². The number of rotatable bonds is 8. The average molecular weight is 249 g/mol. The fraction of sp³-hybridized carbons (Fsp3) is 0.625. The summed E-state index contributed by atoms with van der Waals surface area (Å²) in [5, 5.41) is 0. The van der Waals surface area contributed by atoms with Crippen molar-refractivity contribution in [3.05, 3.63) is 29.8 Å². The minimum Gasteiger partial charge on any atom is -0.494 e. The maximum absolute atomic E-state index is 6.12. The second kappa shape index (κ2) is 8.15. The van der Waals surface area contributed by atoms with Crippen LogP contribution in [0, 0.1) is 12.8 Å². The van der Waals surface area contributed by atoms with Crippen LogP contribution in [0.3, 0.4) is 0 Å². The van der Waals surface area contributed by atoms with Crippen LogP contribution in [0.5, 0.6) is 5.75 Å². The van der Waals surface area contributed by atoms with Crippen molar-refractivity contribution in [2.75, 3.05) is 6.61 Å². The SMILES string of the molecule is CCCC(C)CC(N)CCOc1cccc(C)c1.